The minimum atomic E-state index is -4.41. The number of H-pyrrole nitrogens is 1. The number of aromatic amines is 1. The number of sulfonamides is 1. The van der Waals surface area contributed by atoms with Crippen molar-refractivity contribution in [2.24, 2.45) is 0 Å². The Morgan fingerprint density at radius 1 is 1.11 bits per heavy atom. The second-order valence-electron chi connectivity index (χ2n) is 8.54. The number of piperidine rings is 1. The minimum absolute atomic E-state index is 0.0438. The molecule has 1 aliphatic heterocycles. The van der Waals surface area contributed by atoms with Gasteiger partial charge in [-0.3, -0.25) is 4.79 Å². The van der Waals surface area contributed by atoms with Gasteiger partial charge < -0.3 is 20.2 Å². The van der Waals surface area contributed by atoms with E-state index in [1.165, 1.54) is 19.2 Å². The van der Waals surface area contributed by atoms with Crippen molar-refractivity contribution in [3.05, 3.63) is 65.9 Å². The van der Waals surface area contributed by atoms with Gasteiger partial charge in [0.25, 0.3) is 0 Å². The van der Waals surface area contributed by atoms with Crippen LogP contribution in [0.4, 0.5) is 0 Å². The van der Waals surface area contributed by atoms with Gasteiger partial charge in [-0.2, -0.15) is 10.2 Å². The van der Waals surface area contributed by atoms with E-state index in [0.717, 1.165) is 31.5 Å². The third-order valence-corrected chi connectivity index (χ3v) is 7.79. The Kier molecular flexibility index (Phi) is 7.33. The summed E-state index contributed by atoms with van der Waals surface area (Å²) in [4.78, 5) is 33.7. The van der Waals surface area contributed by atoms with Gasteiger partial charge in [-0.05, 0) is 61.7 Å². The summed E-state index contributed by atoms with van der Waals surface area (Å²) in [5, 5.41) is 14.1. The maximum Gasteiger partial charge on any atom is 0.334 e. The van der Waals surface area contributed by atoms with Gasteiger partial charge in [0.15, 0.2) is 0 Å². The average Bonchev–Trinajstić information content (AvgIpc) is 3.31. The number of para-hydroxylation sites is 1. The smallest absolute Gasteiger partial charge is 0.334 e. The molecule has 11 heteroatoms. The van der Waals surface area contributed by atoms with E-state index in [9.17, 15) is 23.1 Å². The van der Waals surface area contributed by atoms with Crippen LogP contribution in [0.2, 0.25) is 0 Å². The molecule has 0 bridgehead atoms. The quantitative estimate of drug-likeness (QED) is 0.161. The number of aliphatic carboxylic acids is 1. The molecule has 1 fully saturated rings. The van der Waals surface area contributed by atoms with Crippen LogP contribution in [-0.4, -0.2) is 62.5 Å². The summed E-state index contributed by atoms with van der Waals surface area (Å²) in [7, 11) is -3.17. The molecule has 0 radical (unpaired) electrons. The molecule has 186 valence electrons. The predicted octanol–water partition coefficient (Wildman–Crippen LogP) is 1.77. The summed E-state index contributed by atoms with van der Waals surface area (Å²) in [5.41, 5.74) is 1.20. The van der Waals surface area contributed by atoms with Crippen LogP contribution in [0.15, 0.2) is 59.5 Å². The fourth-order valence-electron chi connectivity index (χ4n) is 4.36. The molecule has 5 N–H and O–H groups in total. The lowest BCUT2D eigenvalue weighted by Gasteiger charge is -2.28. The molecule has 0 saturated carbocycles. The molecule has 1 saturated heterocycles. The number of fused-ring (bicyclic) bond motifs is 1. The molecule has 1 aliphatic rings. The lowest BCUT2D eigenvalue weighted by Crippen LogP contribution is -2.65. The second-order valence-corrected chi connectivity index (χ2v) is 10.2. The highest BCUT2D eigenvalue weighted by Crippen LogP contribution is 2.28. The van der Waals surface area contributed by atoms with Gasteiger partial charge in [-0.15, -0.1) is 0 Å². The zero-order valence-corrected chi connectivity index (χ0v) is 20.0. The molecular formula is C24H28N4O6S. The Morgan fingerprint density at radius 3 is 2.54 bits per heavy atom. The van der Waals surface area contributed by atoms with E-state index in [4.69, 9.17) is 4.84 Å². The summed E-state index contributed by atoms with van der Waals surface area (Å²) in [6, 6.07) is 14.9. The maximum absolute atomic E-state index is 13.6. The van der Waals surface area contributed by atoms with E-state index in [0.29, 0.717) is 10.9 Å². The zero-order valence-electron chi connectivity index (χ0n) is 19.2. The predicted molar refractivity (Wildman–Crippen MR) is 130 cm³/mol. The number of carbonyl (C=O) groups excluding carboxylic acids is 1. The van der Waals surface area contributed by atoms with Crippen molar-refractivity contribution < 1.29 is 28.0 Å². The number of rotatable bonds is 10. The van der Waals surface area contributed by atoms with Crippen molar-refractivity contribution in [2.75, 3.05) is 26.7 Å². The first-order chi connectivity index (χ1) is 16.8. The Bertz CT molecular complexity index is 1300. The molecule has 2 heterocycles. The second kappa shape index (κ2) is 10.3. The highest BCUT2D eigenvalue weighted by molar-refractivity contribution is 7.89. The summed E-state index contributed by atoms with van der Waals surface area (Å²) in [5.74, 6) is -2.42. The Morgan fingerprint density at radius 2 is 1.86 bits per heavy atom. The lowest BCUT2D eigenvalue weighted by molar-refractivity contribution is -0.142. The van der Waals surface area contributed by atoms with Crippen molar-refractivity contribution >= 4 is 32.7 Å². The Hall–Kier alpha value is -3.09. The average molecular weight is 501 g/mol. The van der Waals surface area contributed by atoms with E-state index in [1.54, 1.807) is 36.4 Å². The van der Waals surface area contributed by atoms with Gasteiger partial charge >= 0.3 is 5.97 Å². The SMILES string of the molecule is CONCC(NS(=O)(=O)c1cccc(C2CCNCC2)c1)(C(=O)O)C(=O)c1cc2ccccc2[nH]1. The summed E-state index contributed by atoms with van der Waals surface area (Å²) >= 11 is 0. The number of aromatic nitrogens is 1. The fraction of sp³-hybridized carbons (Fsp3) is 0.333. The number of hydrogen-bond acceptors (Lipinski definition) is 7. The molecule has 35 heavy (non-hydrogen) atoms. The number of Topliss-reactive ketones (excluding diaryl/α,β-unsaturated/α-hetero) is 1. The monoisotopic (exact) mass is 500 g/mol. The van der Waals surface area contributed by atoms with E-state index < -0.39 is 33.9 Å². The topological polar surface area (TPSA) is 150 Å². The summed E-state index contributed by atoms with van der Waals surface area (Å²) in [6.07, 6.45) is 1.74. The van der Waals surface area contributed by atoms with Crippen LogP contribution in [0.25, 0.3) is 10.9 Å². The largest absolute Gasteiger partial charge is 0.479 e. The van der Waals surface area contributed by atoms with Gasteiger partial charge in [0.2, 0.25) is 21.3 Å². The van der Waals surface area contributed by atoms with E-state index in [2.05, 4.69) is 20.5 Å². The first-order valence-electron chi connectivity index (χ1n) is 11.2. The Labute approximate surface area is 203 Å². The molecule has 0 aliphatic carbocycles. The van der Waals surface area contributed by atoms with Crippen molar-refractivity contribution in [1.29, 1.82) is 0 Å². The van der Waals surface area contributed by atoms with Crippen LogP contribution in [0.3, 0.4) is 0 Å². The number of carboxylic acids is 1. The number of hydroxylamine groups is 1. The van der Waals surface area contributed by atoms with Crippen LogP contribution in [0, 0.1) is 0 Å². The van der Waals surface area contributed by atoms with Crippen LogP contribution >= 0.6 is 0 Å². The van der Waals surface area contributed by atoms with Gasteiger partial charge in [-0.1, -0.05) is 30.3 Å². The number of ketones is 1. The Balaban J connectivity index is 1.72. The van der Waals surface area contributed by atoms with Crippen molar-refractivity contribution in [3.8, 4) is 0 Å². The fourth-order valence-corrected chi connectivity index (χ4v) is 5.74. The molecule has 0 amide bonds. The number of hydrogen-bond donors (Lipinski definition) is 5. The number of carboxylic acid groups (broad SMARTS) is 1. The van der Waals surface area contributed by atoms with Crippen LogP contribution in [-0.2, 0) is 19.7 Å². The zero-order chi connectivity index (χ0) is 25.1. The molecule has 1 unspecified atom stereocenters. The number of benzene rings is 2. The van der Waals surface area contributed by atoms with Crippen molar-refractivity contribution in [1.82, 2.24) is 20.5 Å². The third kappa shape index (κ3) is 5.14. The third-order valence-electron chi connectivity index (χ3n) is 6.30. The minimum Gasteiger partial charge on any atom is -0.479 e. The van der Waals surface area contributed by atoms with E-state index >= 15 is 0 Å². The normalized spacial score (nSPS) is 16.7. The highest BCUT2D eigenvalue weighted by Gasteiger charge is 2.50. The molecule has 10 nitrogen and oxygen atoms in total. The van der Waals surface area contributed by atoms with Crippen molar-refractivity contribution in [3.63, 3.8) is 0 Å². The van der Waals surface area contributed by atoms with Crippen LogP contribution in [0.5, 0.6) is 0 Å². The molecule has 3 aromatic rings. The molecule has 1 aromatic heterocycles. The summed E-state index contributed by atoms with van der Waals surface area (Å²) in [6.45, 7) is 1.04. The van der Waals surface area contributed by atoms with E-state index in [-0.39, 0.29) is 16.5 Å². The standard InChI is InChI=1S/C24H28N4O6S/c1-34-26-15-24(23(30)31,22(29)21-14-18-5-2-3-8-20(18)27-21)28-35(32,33)19-7-4-6-17(13-19)16-9-11-25-12-10-16/h2-8,13-14,16,25-28H,9-12,15H2,1H3,(H,30,31). The van der Waals surface area contributed by atoms with E-state index in [1.807, 2.05) is 6.07 Å². The first-order valence-corrected chi connectivity index (χ1v) is 12.7. The molecule has 4 rings (SSSR count). The molecule has 1 atom stereocenters. The molecular weight excluding hydrogens is 472 g/mol. The van der Waals surface area contributed by atoms with Gasteiger partial charge in [0.05, 0.1) is 24.2 Å². The highest BCUT2D eigenvalue weighted by atomic mass is 32.2. The first kappa shape index (κ1) is 25.0. The van der Waals surface area contributed by atoms with Crippen LogP contribution in [0.1, 0.15) is 34.8 Å². The van der Waals surface area contributed by atoms with Gasteiger partial charge in [-0.25, -0.2) is 13.2 Å². The van der Waals surface area contributed by atoms with Gasteiger partial charge in [0.1, 0.15) is 0 Å². The molecule has 2 aromatic carbocycles. The van der Waals surface area contributed by atoms with Crippen LogP contribution < -0.4 is 15.5 Å². The molecule has 0 spiro atoms. The van der Waals surface area contributed by atoms with Gasteiger partial charge in [0, 0.05) is 10.9 Å². The lowest BCUT2D eigenvalue weighted by atomic mass is 9.90. The maximum atomic E-state index is 13.6. The summed E-state index contributed by atoms with van der Waals surface area (Å²) < 4.78 is 29.1. The number of nitrogens with one attached hydrogen (secondary N) is 4. The van der Waals surface area contributed by atoms with Crippen molar-refractivity contribution in [2.45, 2.75) is 29.2 Å². The number of carbonyl (C=O) groups is 2.